The van der Waals surface area contributed by atoms with Crippen molar-refractivity contribution in [1.82, 2.24) is 15.0 Å². The van der Waals surface area contributed by atoms with Crippen molar-refractivity contribution in [3.8, 4) is 17.8 Å². The zero-order chi connectivity index (χ0) is 15.4. The molecule has 0 unspecified atom stereocenters. The predicted molar refractivity (Wildman–Crippen MR) is 76.6 cm³/mol. The Balaban J connectivity index is 2.27. The molecule has 0 spiro atoms. The fourth-order valence-electron chi connectivity index (χ4n) is 1.40. The van der Waals surface area contributed by atoms with Gasteiger partial charge in [-0.05, 0) is 26.0 Å². The van der Waals surface area contributed by atoms with E-state index in [1.165, 1.54) is 18.2 Å². The molecule has 0 aliphatic carbocycles. The van der Waals surface area contributed by atoms with Gasteiger partial charge in [0, 0.05) is 13.1 Å². The lowest BCUT2D eigenvalue weighted by Crippen LogP contribution is -2.11. The molecule has 0 amide bonds. The number of rotatable bonds is 5. The van der Waals surface area contributed by atoms with E-state index in [1.807, 2.05) is 13.8 Å². The van der Waals surface area contributed by atoms with Gasteiger partial charge in [0.25, 0.3) is 0 Å². The maximum Gasteiger partial charge on any atom is 0.330 e. The van der Waals surface area contributed by atoms with Crippen molar-refractivity contribution in [3.05, 3.63) is 29.0 Å². The third-order valence-corrected chi connectivity index (χ3v) is 2.55. The summed E-state index contributed by atoms with van der Waals surface area (Å²) >= 11 is 5.69. The molecular formula is C13H14ClFN4O2. The van der Waals surface area contributed by atoms with Crippen molar-refractivity contribution in [3.63, 3.8) is 0 Å². The predicted octanol–water partition coefficient (Wildman–Crippen LogP) is 3.29. The van der Waals surface area contributed by atoms with Crippen LogP contribution in [0.25, 0.3) is 0 Å². The van der Waals surface area contributed by atoms with Crippen LogP contribution in [0.15, 0.2) is 18.2 Å². The topological polar surface area (TPSA) is 69.2 Å². The fraction of sp³-hybridized carbons (Fsp3) is 0.308. The molecule has 1 aromatic carbocycles. The standard InChI is InChI=1S/C13H14ClFN4O2/c1-7(2)20-12-17-11(16-3)18-13(19-12)21-8-4-5-10(15)9(14)6-8/h4-7H,1-3H3,(H,16,17,18,19). The van der Waals surface area contributed by atoms with Gasteiger partial charge in [0.1, 0.15) is 11.6 Å². The zero-order valence-corrected chi connectivity index (χ0v) is 12.5. The zero-order valence-electron chi connectivity index (χ0n) is 11.7. The minimum absolute atomic E-state index is 0.0210. The molecule has 1 aromatic heterocycles. The normalized spacial score (nSPS) is 10.6. The Morgan fingerprint density at radius 3 is 2.52 bits per heavy atom. The largest absolute Gasteiger partial charge is 0.461 e. The van der Waals surface area contributed by atoms with Crippen molar-refractivity contribution >= 4 is 17.5 Å². The number of nitrogens with one attached hydrogen (secondary N) is 1. The minimum atomic E-state index is -0.528. The second-order valence-electron chi connectivity index (χ2n) is 4.32. The van der Waals surface area contributed by atoms with Gasteiger partial charge in [0.2, 0.25) is 5.95 Å². The van der Waals surface area contributed by atoms with Gasteiger partial charge in [-0.3, -0.25) is 0 Å². The second kappa shape index (κ2) is 6.53. The number of hydrogen-bond acceptors (Lipinski definition) is 6. The van der Waals surface area contributed by atoms with Gasteiger partial charge in [-0.25, -0.2) is 4.39 Å². The van der Waals surface area contributed by atoms with Crippen LogP contribution in [0.2, 0.25) is 5.02 Å². The highest BCUT2D eigenvalue weighted by Gasteiger charge is 2.11. The second-order valence-corrected chi connectivity index (χ2v) is 4.73. The van der Waals surface area contributed by atoms with Crippen LogP contribution in [-0.4, -0.2) is 28.1 Å². The molecule has 0 radical (unpaired) electrons. The maximum atomic E-state index is 13.1. The molecule has 0 aliphatic heterocycles. The average molecular weight is 313 g/mol. The van der Waals surface area contributed by atoms with Crippen molar-refractivity contribution in [2.75, 3.05) is 12.4 Å². The van der Waals surface area contributed by atoms with Gasteiger partial charge in [-0.2, -0.15) is 9.97 Å². The molecule has 0 atom stereocenters. The lowest BCUT2D eigenvalue weighted by atomic mass is 10.3. The van der Waals surface area contributed by atoms with Gasteiger partial charge in [-0.1, -0.05) is 11.6 Å². The minimum Gasteiger partial charge on any atom is -0.461 e. The SMILES string of the molecule is CNc1nc(Oc2ccc(F)c(Cl)c2)nc(OC(C)C)n1. The first kappa shape index (κ1) is 15.2. The summed E-state index contributed by atoms with van der Waals surface area (Å²) in [4.78, 5) is 12.1. The highest BCUT2D eigenvalue weighted by molar-refractivity contribution is 6.30. The Kier molecular flexibility index (Phi) is 4.74. The van der Waals surface area contributed by atoms with E-state index >= 15 is 0 Å². The third-order valence-electron chi connectivity index (χ3n) is 2.26. The van der Waals surface area contributed by atoms with Gasteiger partial charge < -0.3 is 14.8 Å². The van der Waals surface area contributed by atoms with E-state index in [-0.39, 0.29) is 23.1 Å². The number of ether oxygens (including phenoxy) is 2. The summed E-state index contributed by atoms with van der Waals surface area (Å²) in [5, 5.41) is 2.73. The average Bonchev–Trinajstić information content (AvgIpc) is 2.42. The van der Waals surface area contributed by atoms with Crippen LogP contribution in [-0.2, 0) is 0 Å². The lowest BCUT2D eigenvalue weighted by molar-refractivity contribution is 0.218. The number of halogens is 2. The van der Waals surface area contributed by atoms with Gasteiger partial charge in [0.05, 0.1) is 11.1 Å². The molecule has 2 rings (SSSR count). The first-order valence-electron chi connectivity index (χ1n) is 6.21. The molecule has 2 aromatic rings. The lowest BCUT2D eigenvalue weighted by Gasteiger charge is -2.10. The molecule has 0 saturated carbocycles. The van der Waals surface area contributed by atoms with E-state index in [0.717, 1.165) is 0 Å². The summed E-state index contributed by atoms with van der Waals surface area (Å²) in [6, 6.07) is 4.11. The monoisotopic (exact) mass is 312 g/mol. The number of benzene rings is 1. The third kappa shape index (κ3) is 4.16. The highest BCUT2D eigenvalue weighted by atomic mass is 35.5. The highest BCUT2D eigenvalue weighted by Crippen LogP contribution is 2.25. The van der Waals surface area contributed by atoms with E-state index in [1.54, 1.807) is 7.05 Å². The summed E-state index contributed by atoms with van der Waals surface area (Å²) < 4.78 is 24.0. The molecule has 0 aliphatic rings. The molecule has 6 nitrogen and oxygen atoms in total. The van der Waals surface area contributed by atoms with E-state index in [4.69, 9.17) is 21.1 Å². The van der Waals surface area contributed by atoms with Crippen LogP contribution in [0.4, 0.5) is 10.3 Å². The van der Waals surface area contributed by atoms with E-state index < -0.39 is 5.82 Å². The smallest absolute Gasteiger partial charge is 0.330 e. The quantitative estimate of drug-likeness (QED) is 0.913. The Morgan fingerprint density at radius 2 is 1.90 bits per heavy atom. The van der Waals surface area contributed by atoms with Crippen LogP contribution in [0.3, 0.4) is 0 Å². The molecule has 1 heterocycles. The number of nitrogens with zero attached hydrogens (tertiary/aromatic N) is 3. The van der Waals surface area contributed by atoms with E-state index in [2.05, 4.69) is 20.3 Å². The van der Waals surface area contributed by atoms with Crippen LogP contribution < -0.4 is 14.8 Å². The van der Waals surface area contributed by atoms with Crippen LogP contribution in [0, 0.1) is 5.82 Å². The van der Waals surface area contributed by atoms with Crippen molar-refractivity contribution in [1.29, 1.82) is 0 Å². The van der Waals surface area contributed by atoms with Crippen molar-refractivity contribution in [2.45, 2.75) is 20.0 Å². The first-order chi connectivity index (χ1) is 9.97. The van der Waals surface area contributed by atoms with E-state index in [0.29, 0.717) is 11.7 Å². The summed E-state index contributed by atoms with van der Waals surface area (Å²) in [5.41, 5.74) is 0. The molecule has 1 N–H and O–H groups in total. The maximum absolute atomic E-state index is 13.1. The van der Waals surface area contributed by atoms with Gasteiger partial charge in [-0.15, -0.1) is 4.98 Å². The first-order valence-corrected chi connectivity index (χ1v) is 6.59. The molecule has 0 fully saturated rings. The fourth-order valence-corrected chi connectivity index (χ4v) is 1.58. The Labute approximate surface area is 126 Å². The van der Waals surface area contributed by atoms with Crippen LogP contribution in [0.5, 0.6) is 17.8 Å². The number of hydrogen-bond donors (Lipinski definition) is 1. The Bertz CT molecular complexity index is 640. The van der Waals surface area contributed by atoms with Gasteiger partial charge >= 0.3 is 12.0 Å². The van der Waals surface area contributed by atoms with E-state index in [9.17, 15) is 4.39 Å². The summed E-state index contributed by atoms with van der Waals surface area (Å²) in [6.45, 7) is 3.70. The Hall–Kier alpha value is -2.15. The Morgan fingerprint density at radius 1 is 1.19 bits per heavy atom. The summed E-state index contributed by atoms with van der Waals surface area (Å²) in [5.74, 6) is 0.0772. The van der Waals surface area contributed by atoms with Crippen LogP contribution >= 0.6 is 11.6 Å². The van der Waals surface area contributed by atoms with Gasteiger partial charge in [0.15, 0.2) is 0 Å². The van der Waals surface area contributed by atoms with Crippen molar-refractivity contribution in [2.24, 2.45) is 0 Å². The molecular weight excluding hydrogens is 299 g/mol. The van der Waals surface area contributed by atoms with Crippen LogP contribution in [0.1, 0.15) is 13.8 Å². The summed E-state index contributed by atoms with van der Waals surface area (Å²) in [7, 11) is 1.66. The molecule has 8 heteroatoms. The number of anilines is 1. The molecule has 112 valence electrons. The van der Waals surface area contributed by atoms with Crippen molar-refractivity contribution < 1.29 is 13.9 Å². The summed E-state index contributed by atoms with van der Waals surface area (Å²) in [6.07, 6.45) is -0.0924. The molecule has 21 heavy (non-hydrogen) atoms. The molecule has 0 saturated heterocycles. The number of aromatic nitrogens is 3. The molecule has 0 bridgehead atoms.